The van der Waals surface area contributed by atoms with Gasteiger partial charge in [0.15, 0.2) is 0 Å². The fourth-order valence-electron chi connectivity index (χ4n) is 2.26. The van der Waals surface area contributed by atoms with E-state index in [-0.39, 0.29) is 6.03 Å². The van der Waals surface area contributed by atoms with Crippen molar-refractivity contribution < 1.29 is 4.79 Å². The first kappa shape index (κ1) is 14.8. The van der Waals surface area contributed by atoms with Gasteiger partial charge >= 0.3 is 6.03 Å². The number of amides is 2. The molecule has 3 aromatic rings. The molecule has 3 N–H and O–H groups in total. The number of hydrogen-bond acceptors (Lipinski definition) is 1. The monoisotopic (exact) mass is 333 g/mol. The van der Waals surface area contributed by atoms with Crippen molar-refractivity contribution >= 4 is 45.8 Å². The van der Waals surface area contributed by atoms with E-state index >= 15 is 0 Å². The highest BCUT2D eigenvalue weighted by Gasteiger charge is 2.10. The number of benzene rings is 2. The molecule has 1 aromatic heterocycles. The lowest BCUT2D eigenvalue weighted by atomic mass is 10.2. The summed E-state index contributed by atoms with van der Waals surface area (Å²) in [6.45, 7) is 0.361. The van der Waals surface area contributed by atoms with Crippen molar-refractivity contribution in [3.8, 4) is 0 Å². The molecule has 112 valence electrons. The molecule has 0 saturated heterocycles. The molecule has 22 heavy (non-hydrogen) atoms. The topological polar surface area (TPSA) is 56.9 Å². The zero-order valence-corrected chi connectivity index (χ0v) is 13.0. The number of urea groups is 1. The first-order chi connectivity index (χ1) is 10.6. The van der Waals surface area contributed by atoms with E-state index in [0.717, 1.165) is 22.2 Å². The van der Waals surface area contributed by atoms with Crippen molar-refractivity contribution in [2.75, 3.05) is 5.32 Å². The van der Waals surface area contributed by atoms with Crippen molar-refractivity contribution in [3.05, 3.63) is 64.3 Å². The summed E-state index contributed by atoms with van der Waals surface area (Å²) in [6.07, 6.45) is 1.82. The summed E-state index contributed by atoms with van der Waals surface area (Å²) in [5.41, 5.74) is 2.49. The molecular weight excluding hydrogens is 321 g/mol. The second-order valence-corrected chi connectivity index (χ2v) is 5.64. The molecule has 4 nitrogen and oxygen atoms in total. The first-order valence-electron chi connectivity index (χ1n) is 6.68. The number of carbonyl (C=O) groups excluding carboxylic acids is 1. The van der Waals surface area contributed by atoms with Crippen LogP contribution < -0.4 is 10.6 Å². The van der Waals surface area contributed by atoms with Crippen molar-refractivity contribution in [3.63, 3.8) is 0 Å². The smallest absolute Gasteiger partial charge is 0.319 e. The number of anilines is 1. The highest BCUT2D eigenvalue weighted by Crippen LogP contribution is 2.30. The third-order valence-corrected chi connectivity index (χ3v) is 3.77. The standard InChI is InChI=1S/C16H13Cl2N3O/c17-11-6-13(18)15-10(8-19-14(15)7-11)9-20-16(22)21-12-4-2-1-3-5-12/h1-8,19H,9H2,(H2,20,21,22). The Kier molecular flexibility index (Phi) is 4.22. The second-order valence-electron chi connectivity index (χ2n) is 4.80. The first-order valence-corrected chi connectivity index (χ1v) is 7.44. The van der Waals surface area contributed by atoms with Crippen LogP contribution in [0.2, 0.25) is 10.0 Å². The van der Waals surface area contributed by atoms with E-state index in [0.29, 0.717) is 16.6 Å². The molecule has 2 amide bonds. The van der Waals surface area contributed by atoms with E-state index in [1.807, 2.05) is 36.5 Å². The molecule has 0 aliphatic carbocycles. The van der Waals surface area contributed by atoms with Crippen LogP contribution in [0.25, 0.3) is 10.9 Å². The lowest BCUT2D eigenvalue weighted by molar-refractivity contribution is 0.252. The Morgan fingerprint density at radius 2 is 1.91 bits per heavy atom. The van der Waals surface area contributed by atoms with Crippen molar-refractivity contribution in [2.45, 2.75) is 6.54 Å². The predicted molar refractivity (Wildman–Crippen MR) is 90.6 cm³/mol. The third-order valence-electron chi connectivity index (χ3n) is 3.25. The Morgan fingerprint density at radius 3 is 2.68 bits per heavy atom. The number of aromatic nitrogens is 1. The summed E-state index contributed by atoms with van der Waals surface area (Å²) in [4.78, 5) is 15.0. The minimum absolute atomic E-state index is 0.273. The second kappa shape index (κ2) is 6.30. The van der Waals surface area contributed by atoms with Gasteiger partial charge < -0.3 is 15.6 Å². The molecule has 0 atom stereocenters. The Balaban J connectivity index is 1.70. The maximum atomic E-state index is 11.9. The molecule has 0 fully saturated rings. The highest BCUT2D eigenvalue weighted by atomic mass is 35.5. The Labute approximate surface area is 137 Å². The maximum absolute atomic E-state index is 11.9. The fraction of sp³-hybridized carbons (Fsp3) is 0.0625. The number of hydrogen-bond donors (Lipinski definition) is 3. The Hall–Kier alpha value is -2.17. The quantitative estimate of drug-likeness (QED) is 0.633. The van der Waals surface area contributed by atoms with Gasteiger partial charge in [-0.2, -0.15) is 0 Å². The summed E-state index contributed by atoms with van der Waals surface area (Å²) >= 11 is 12.2. The predicted octanol–water partition coefficient (Wildman–Crippen LogP) is 4.80. The van der Waals surface area contributed by atoms with E-state index in [9.17, 15) is 4.79 Å². The van der Waals surface area contributed by atoms with Gasteiger partial charge in [-0.05, 0) is 29.8 Å². The molecule has 0 aliphatic rings. The van der Waals surface area contributed by atoms with Crippen LogP contribution in [0.15, 0.2) is 48.7 Å². The van der Waals surface area contributed by atoms with E-state index in [4.69, 9.17) is 23.2 Å². The SMILES string of the molecule is O=C(NCc1c[nH]c2cc(Cl)cc(Cl)c12)Nc1ccccc1. The van der Waals surface area contributed by atoms with Gasteiger partial charge in [0.25, 0.3) is 0 Å². The number of carbonyl (C=O) groups is 1. The number of fused-ring (bicyclic) bond motifs is 1. The van der Waals surface area contributed by atoms with Gasteiger partial charge in [0, 0.05) is 34.4 Å². The average Bonchev–Trinajstić information content (AvgIpc) is 2.89. The van der Waals surface area contributed by atoms with Crippen LogP contribution in [-0.4, -0.2) is 11.0 Å². The minimum Gasteiger partial charge on any atom is -0.361 e. The normalized spacial score (nSPS) is 10.6. The molecule has 0 bridgehead atoms. The number of aromatic amines is 1. The van der Waals surface area contributed by atoms with Crippen LogP contribution in [0, 0.1) is 0 Å². The van der Waals surface area contributed by atoms with Gasteiger partial charge in [-0.3, -0.25) is 0 Å². The third kappa shape index (κ3) is 3.18. The van der Waals surface area contributed by atoms with Gasteiger partial charge in [0.2, 0.25) is 0 Å². The van der Waals surface area contributed by atoms with Gasteiger partial charge in [0.1, 0.15) is 0 Å². The van der Waals surface area contributed by atoms with Crippen molar-refractivity contribution in [2.24, 2.45) is 0 Å². The number of para-hydroxylation sites is 1. The fourth-order valence-corrected chi connectivity index (χ4v) is 2.88. The van der Waals surface area contributed by atoms with Gasteiger partial charge in [0.05, 0.1) is 5.02 Å². The van der Waals surface area contributed by atoms with Crippen LogP contribution >= 0.6 is 23.2 Å². The van der Waals surface area contributed by atoms with Crippen LogP contribution in [0.3, 0.4) is 0 Å². The van der Waals surface area contributed by atoms with E-state index in [2.05, 4.69) is 15.6 Å². The summed E-state index contributed by atoms with van der Waals surface area (Å²) < 4.78 is 0. The molecular formula is C16H13Cl2N3O. The molecule has 2 aromatic carbocycles. The number of rotatable bonds is 3. The molecule has 0 saturated carbocycles. The number of H-pyrrole nitrogens is 1. The lowest BCUT2D eigenvalue weighted by Gasteiger charge is -2.07. The average molecular weight is 334 g/mol. The summed E-state index contributed by atoms with van der Waals surface area (Å²) in [6, 6.07) is 12.5. The van der Waals surface area contributed by atoms with Crippen LogP contribution in [0.4, 0.5) is 10.5 Å². The Bertz CT molecular complexity index is 815. The zero-order valence-electron chi connectivity index (χ0n) is 11.5. The summed E-state index contributed by atoms with van der Waals surface area (Å²) in [7, 11) is 0. The highest BCUT2D eigenvalue weighted by molar-refractivity contribution is 6.38. The van der Waals surface area contributed by atoms with Gasteiger partial charge in [-0.15, -0.1) is 0 Å². The van der Waals surface area contributed by atoms with Crippen LogP contribution in [0.5, 0.6) is 0 Å². The van der Waals surface area contributed by atoms with Gasteiger partial charge in [-0.25, -0.2) is 4.79 Å². The number of nitrogens with one attached hydrogen (secondary N) is 3. The van der Waals surface area contributed by atoms with Crippen LogP contribution in [0.1, 0.15) is 5.56 Å². The maximum Gasteiger partial charge on any atom is 0.319 e. The molecule has 0 unspecified atom stereocenters. The van der Waals surface area contributed by atoms with E-state index in [1.165, 1.54) is 0 Å². The molecule has 6 heteroatoms. The van der Waals surface area contributed by atoms with Crippen molar-refractivity contribution in [1.82, 2.24) is 10.3 Å². The molecule has 0 spiro atoms. The largest absolute Gasteiger partial charge is 0.361 e. The summed E-state index contributed by atoms with van der Waals surface area (Å²) in [5.74, 6) is 0. The number of halogens is 2. The lowest BCUT2D eigenvalue weighted by Crippen LogP contribution is -2.28. The van der Waals surface area contributed by atoms with Crippen LogP contribution in [-0.2, 0) is 6.54 Å². The molecule has 1 heterocycles. The van der Waals surface area contributed by atoms with Gasteiger partial charge in [-0.1, -0.05) is 41.4 Å². The molecule has 0 radical (unpaired) electrons. The zero-order chi connectivity index (χ0) is 15.5. The Morgan fingerprint density at radius 1 is 1.14 bits per heavy atom. The van der Waals surface area contributed by atoms with Crippen molar-refractivity contribution in [1.29, 1.82) is 0 Å². The molecule has 0 aliphatic heterocycles. The minimum atomic E-state index is -0.273. The van der Waals surface area contributed by atoms with E-state index < -0.39 is 0 Å². The summed E-state index contributed by atoms with van der Waals surface area (Å²) in [5, 5.41) is 7.56. The van der Waals surface area contributed by atoms with E-state index in [1.54, 1.807) is 12.1 Å². The molecule has 3 rings (SSSR count).